The van der Waals surface area contributed by atoms with Gasteiger partial charge >= 0.3 is 0 Å². The third kappa shape index (κ3) is 2.86. The quantitative estimate of drug-likeness (QED) is 0.852. The first-order valence-electron chi connectivity index (χ1n) is 7.08. The molecule has 0 saturated heterocycles. The minimum absolute atomic E-state index is 0.208. The van der Waals surface area contributed by atoms with Gasteiger partial charge in [0.05, 0.1) is 11.6 Å². The van der Waals surface area contributed by atoms with Crippen molar-refractivity contribution in [3.05, 3.63) is 29.5 Å². The molecule has 0 aliphatic heterocycles. The zero-order chi connectivity index (χ0) is 13.9. The van der Waals surface area contributed by atoms with E-state index in [1.54, 1.807) is 0 Å². The van der Waals surface area contributed by atoms with Gasteiger partial charge in [-0.1, -0.05) is 25.0 Å². The summed E-state index contributed by atoms with van der Waals surface area (Å²) in [4.78, 5) is 8.48. The molecule has 2 aromatic rings. The smallest absolute Gasteiger partial charge is 0.224 e. The molecule has 1 heterocycles. The topological polar surface area (TPSA) is 58.0 Å². The summed E-state index contributed by atoms with van der Waals surface area (Å²) >= 11 is 5.96. The van der Waals surface area contributed by atoms with E-state index in [1.165, 1.54) is 6.42 Å². The molecule has 1 aliphatic rings. The highest BCUT2D eigenvalue weighted by atomic mass is 35.5. The van der Waals surface area contributed by atoms with Crippen LogP contribution in [0, 0.1) is 5.92 Å². The Morgan fingerprint density at radius 2 is 2.00 bits per heavy atom. The van der Waals surface area contributed by atoms with Gasteiger partial charge in [-0.15, -0.1) is 0 Å². The monoisotopic (exact) mass is 291 g/mol. The van der Waals surface area contributed by atoms with Crippen LogP contribution in [-0.4, -0.2) is 27.7 Å². The number of rotatable bonds is 3. The van der Waals surface area contributed by atoms with E-state index < -0.39 is 0 Å². The molecule has 0 spiro atoms. The average Bonchev–Trinajstić information content (AvgIpc) is 2.46. The predicted octanol–water partition coefficient (Wildman–Crippen LogP) is 3.25. The third-order valence-corrected chi connectivity index (χ3v) is 4.15. The maximum atomic E-state index is 10.0. The predicted molar refractivity (Wildman–Crippen MR) is 81.0 cm³/mol. The lowest BCUT2D eigenvalue weighted by Gasteiger charge is -2.27. The first kappa shape index (κ1) is 13.6. The molecule has 0 amide bonds. The van der Waals surface area contributed by atoms with Gasteiger partial charge in [-0.2, -0.15) is 0 Å². The van der Waals surface area contributed by atoms with Crippen LogP contribution in [0.4, 0.5) is 5.82 Å². The van der Waals surface area contributed by atoms with Gasteiger partial charge in [0.1, 0.15) is 5.82 Å². The minimum atomic E-state index is -0.208. The van der Waals surface area contributed by atoms with Crippen molar-refractivity contribution in [2.45, 2.75) is 31.8 Å². The van der Waals surface area contributed by atoms with E-state index in [1.807, 2.05) is 24.3 Å². The Kier molecular flexibility index (Phi) is 4.03. The van der Waals surface area contributed by atoms with Gasteiger partial charge < -0.3 is 10.4 Å². The number of anilines is 1. The Hall–Kier alpha value is -1.39. The number of halogens is 1. The summed E-state index contributed by atoms with van der Waals surface area (Å²) in [5.74, 6) is 1.04. The molecule has 2 atom stereocenters. The van der Waals surface area contributed by atoms with Crippen molar-refractivity contribution >= 4 is 28.3 Å². The summed E-state index contributed by atoms with van der Waals surface area (Å²) in [6.07, 6.45) is 4.07. The van der Waals surface area contributed by atoms with E-state index in [0.29, 0.717) is 0 Å². The molecule has 20 heavy (non-hydrogen) atoms. The Labute approximate surface area is 123 Å². The average molecular weight is 292 g/mol. The Balaban J connectivity index is 1.80. The number of fused-ring (bicyclic) bond motifs is 1. The second kappa shape index (κ2) is 5.94. The van der Waals surface area contributed by atoms with Crippen LogP contribution >= 0.6 is 11.6 Å². The molecule has 0 radical (unpaired) electrons. The van der Waals surface area contributed by atoms with Crippen molar-refractivity contribution in [2.75, 3.05) is 11.9 Å². The molecule has 4 nitrogen and oxygen atoms in total. The summed E-state index contributed by atoms with van der Waals surface area (Å²) in [6, 6.07) is 7.79. The molecule has 5 heteroatoms. The van der Waals surface area contributed by atoms with E-state index in [2.05, 4.69) is 15.3 Å². The highest BCUT2D eigenvalue weighted by Crippen LogP contribution is 2.26. The zero-order valence-electron chi connectivity index (χ0n) is 11.2. The van der Waals surface area contributed by atoms with Crippen LogP contribution in [0.3, 0.4) is 0 Å². The van der Waals surface area contributed by atoms with Crippen molar-refractivity contribution < 1.29 is 5.11 Å². The number of nitrogens with zero attached hydrogens (tertiary/aromatic N) is 2. The van der Waals surface area contributed by atoms with Crippen LogP contribution in [-0.2, 0) is 0 Å². The van der Waals surface area contributed by atoms with Gasteiger partial charge in [0.15, 0.2) is 0 Å². The van der Waals surface area contributed by atoms with Crippen molar-refractivity contribution in [3.8, 4) is 0 Å². The lowest BCUT2D eigenvalue weighted by Crippen LogP contribution is -2.30. The molecular weight excluding hydrogens is 274 g/mol. The van der Waals surface area contributed by atoms with Crippen molar-refractivity contribution in [1.29, 1.82) is 0 Å². The van der Waals surface area contributed by atoms with Crippen molar-refractivity contribution in [2.24, 2.45) is 5.92 Å². The Morgan fingerprint density at radius 3 is 2.85 bits per heavy atom. The molecule has 2 N–H and O–H groups in total. The molecular formula is C15H18ClN3O. The van der Waals surface area contributed by atoms with Crippen LogP contribution in [0.25, 0.3) is 10.9 Å². The number of aliphatic hydroxyl groups is 1. The second-order valence-corrected chi connectivity index (χ2v) is 5.69. The van der Waals surface area contributed by atoms with Crippen LogP contribution in [0.1, 0.15) is 25.7 Å². The maximum Gasteiger partial charge on any atom is 0.224 e. The Morgan fingerprint density at radius 1 is 1.20 bits per heavy atom. The first-order valence-corrected chi connectivity index (χ1v) is 7.46. The summed E-state index contributed by atoms with van der Waals surface area (Å²) in [7, 11) is 0. The lowest BCUT2D eigenvalue weighted by atomic mass is 9.86. The number of aliphatic hydroxyl groups excluding tert-OH is 1. The van der Waals surface area contributed by atoms with Gasteiger partial charge in [-0.3, -0.25) is 0 Å². The van der Waals surface area contributed by atoms with Gasteiger partial charge in [-0.25, -0.2) is 9.97 Å². The zero-order valence-corrected chi connectivity index (χ0v) is 12.0. The summed E-state index contributed by atoms with van der Waals surface area (Å²) < 4.78 is 0. The molecule has 1 aliphatic carbocycles. The van der Waals surface area contributed by atoms with E-state index in [9.17, 15) is 5.11 Å². The van der Waals surface area contributed by atoms with E-state index in [-0.39, 0.29) is 17.3 Å². The van der Waals surface area contributed by atoms with E-state index in [0.717, 1.165) is 42.5 Å². The second-order valence-electron chi connectivity index (χ2n) is 5.35. The van der Waals surface area contributed by atoms with Crippen molar-refractivity contribution in [1.82, 2.24) is 9.97 Å². The van der Waals surface area contributed by atoms with Crippen LogP contribution in [0.2, 0.25) is 5.28 Å². The molecule has 0 bridgehead atoms. The molecule has 1 aromatic heterocycles. The number of hydrogen-bond acceptors (Lipinski definition) is 4. The van der Waals surface area contributed by atoms with E-state index >= 15 is 0 Å². The number of aromatic nitrogens is 2. The highest BCUT2D eigenvalue weighted by Gasteiger charge is 2.23. The molecule has 1 saturated carbocycles. The lowest BCUT2D eigenvalue weighted by molar-refractivity contribution is 0.0763. The summed E-state index contributed by atoms with van der Waals surface area (Å²) in [5.41, 5.74) is 0.833. The van der Waals surface area contributed by atoms with Crippen LogP contribution < -0.4 is 5.32 Å². The number of hydrogen-bond donors (Lipinski definition) is 2. The van der Waals surface area contributed by atoms with E-state index in [4.69, 9.17) is 11.6 Å². The molecule has 2 unspecified atom stereocenters. The fourth-order valence-corrected chi connectivity index (χ4v) is 3.01. The van der Waals surface area contributed by atoms with Gasteiger partial charge in [-0.05, 0) is 36.6 Å². The van der Waals surface area contributed by atoms with Gasteiger partial charge in [0, 0.05) is 17.8 Å². The fraction of sp³-hybridized carbons (Fsp3) is 0.467. The summed E-state index contributed by atoms with van der Waals surface area (Å²) in [5, 5.41) is 14.6. The van der Waals surface area contributed by atoms with Gasteiger partial charge in [0.25, 0.3) is 0 Å². The van der Waals surface area contributed by atoms with Crippen LogP contribution in [0.15, 0.2) is 24.3 Å². The Bertz CT molecular complexity index is 605. The molecule has 106 valence electrons. The number of benzene rings is 1. The first-order chi connectivity index (χ1) is 9.74. The molecule has 1 fully saturated rings. The molecule has 1 aromatic carbocycles. The molecule has 3 rings (SSSR count). The highest BCUT2D eigenvalue weighted by molar-refractivity contribution is 6.28. The maximum absolute atomic E-state index is 10.0. The number of para-hydroxylation sites is 1. The van der Waals surface area contributed by atoms with Gasteiger partial charge in [0.2, 0.25) is 5.28 Å². The largest absolute Gasteiger partial charge is 0.393 e. The SMILES string of the molecule is OC1CCCCC1CNc1nc(Cl)nc2ccccc12. The normalized spacial score (nSPS) is 22.9. The fourth-order valence-electron chi connectivity index (χ4n) is 2.84. The van der Waals surface area contributed by atoms with Crippen molar-refractivity contribution in [3.63, 3.8) is 0 Å². The standard InChI is InChI=1S/C15H18ClN3O/c16-15-18-12-7-3-2-6-11(12)14(19-15)17-9-10-5-1-4-8-13(10)20/h2-3,6-7,10,13,20H,1,4-5,8-9H2,(H,17,18,19). The third-order valence-electron chi connectivity index (χ3n) is 3.98. The number of nitrogens with one attached hydrogen (secondary N) is 1. The summed E-state index contributed by atoms with van der Waals surface area (Å²) in [6.45, 7) is 0.721. The van der Waals surface area contributed by atoms with Crippen LogP contribution in [0.5, 0.6) is 0 Å². The minimum Gasteiger partial charge on any atom is -0.393 e.